The number of methoxy groups -OCH3 is 2. The van der Waals surface area contributed by atoms with Gasteiger partial charge in [0.1, 0.15) is 0 Å². The Balaban J connectivity index is 2.80. The molecule has 0 amide bonds. The summed E-state index contributed by atoms with van der Waals surface area (Å²) < 4.78 is 22.9. The molecule has 0 spiro atoms. The van der Waals surface area contributed by atoms with Gasteiger partial charge in [0.2, 0.25) is 0 Å². The van der Waals surface area contributed by atoms with E-state index in [0.29, 0.717) is 0 Å². The van der Waals surface area contributed by atoms with Gasteiger partial charge >= 0.3 is 5.97 Å². The lowest BCUT2D eigenvalue weighted by molar-refractivity contribution is -0.140. The van der Waals surface area contributed by atoms with E-state index in [4.69, 9.17) is 4.74 Å². The summed E-state index contributed by atoms with van der Waals surface area (Å²) in [5.74, 6) is -1.18. The van der Waals surface area contributed by atoms with Crippen LogP contribution in [-0.2, 0) is 9.53 Å². The van der Waals surface area contributed by atoms with Crippen LogP contribution in [0.4, 0.5) is 4.39 Å². The number of nitrogens with one attached hydrogen (secondary N) is 1. The van der Waals surface area contributed by atoms with Crippen LogP contribution in [0.3, 0.4) is 0 Å². The Bertz CT molecular complexity index is 490. The molecule has 1 aromatic rings. The predicted octanol–water partition coefficient (Wildman–Crippen LogP) is 1.56. The summed E-state index contributed by atoms with van der Waals surface area (Å²) in [6.07, 6.45) is 0.405. The first-order valence-electron chi connectivity index (χ1n) is 6.15. The van der Waals surface area contributed by atoms with E-state index >= 15 is 0 Å². The summed E-state index contributed by atoms with van der Waals surface area (Å²) in [6.45, 7) is 0. The molecular formula is C14H18FNO4. The number of Topliss-reactive ketones (excluding diaryl/α,β-unsaturated/α-hetero) is 1. The molecule has 0 fully saturated rings. The number of likely N-dealkylation sites (N-methyl/N-ethyl adjacent to an activating group) is 1. The highest BCUT2D eigenvalue weighted by molar-refractivity contribution is 6.00. The van der Waals surface area contributed by atoms with Crippen molar-refractivity contribution in [1.29, 1.82) is 0 Å². The molecule has 1 atom stereocenters. The number of ether oxygens (including phenoxy) is 2. The first kappa shape index (κ1) is 16.1. The lowest BCUT2D eigenvalue weighted by Gasteiger charge is -2.14. The van der Waals surface area contributed by atoms with E-state index in [1.807, 2.05) is 0 Å². The fourth-order valence-electron chi connectivity index (χ4n) is 1.79. The van der Waals surface area contributed by atoms with Crippen molar-refractivity contribution in [3.8, 4) is 5.75 Å². The fourth-order valence-corrected chi connectivity index (χ4v) is 1.79. The molecule has 6 heteroatoms. The van der Waals surface area contributed by atoms with Gasteiger partial charge in [-0.3, -0.25) is 9.59 Å². The normalized spacial score (nSPS) is 11.8. The lowest BCUT2D eigenvalue weighted by Crippen LogP contribution is -2.34. The maximum absolute atomic E-state index is 13.6. The SMILES string of the molecule is CNC(CCC(=O)OC)C(=O)c1ccc(OC)c(F)c1. The van der Waals surface area contributed by atoms with E-state index in [2.05, 4.69) is 10.1 Å². The third-order valence-electron chi connectivity index (χ3n) is 2.97. The molecule has 5 nitrogen and oxygen atoms in total. The Morgan fingerprint density at radius 1 is 1.35 bits per heavy atom. The summed E-state index contributed by atoms with van der Waals surface area (Å²) in [6, 6.07) is 3.45. The third-order valence-corrected chi connectivity index (χ3v) is 2.97. The maximum Gasteiger partial charge on any atom is 0.305 e. The molecule has 0 radical (unpaired) electrons. The van der Waals surface area contributed by atoms with Crippen molar-refractivity contribution < 1.29 is 23.5 Å². The van der Waals surface area contributed by atoms with Crippen LogP contribution < -0.4 is 10.1 Å². The highest BCUT2D eigenvalue weighted by Gasteiger charge is 2.20. The molecule has 0 saturated carbocycles. The summed E-state index contributed by atoms with van der Waals surface area (Å²) >= 11 is 0. The van der Waals surface area contributed by atoms with Crippen molar-refractivity contribution in [2.24, 2.45) is 0 Å². The van der Waals surface area contributed by atoms with E-state index in [1.54, 1.807) is 7.05 Å². The van der Waals surface area contributed by atoms with Crippen LogP contribution >= 0.6 is 0 Å². The monoisotopic (exact) mass is 283 g/mol. The van der Waals surface area contributed by atoms with Crippen molar-refractivity contribution in [2.45, 2.75) is 18.9 Å². The van der Waals surface area contributed by atoms with Gasteiger partial charge in [-0.25, -0.2) is 4.39 Å². The molecule has 1 unspecified atom stereocenters. The fraction of sp³-hybridized carbons (Fsp3) is 0.429. The van der Waals surface area contributed by atoms with Crippen molar-refractivity contribution in [1.82, 2.24) is 5.32 Å². The number of carbonyl (C=O) groups excluding carboxylic acids is 2. The van der Waals surface area contributed by atoms with Crippen LogP contribution in [-0.4, -0.2) is 39.1 Å². The molecular weight excluding hydrogens is 265 g/mol. The zero-order valence-corrected chi connectivity index (χ0v) is 11.7. The number of hydrogen-bond donors (Lipinski definition) is 1. The quantitative estimate of drug-likeness (QED) is 0.607. The second-order valence-corrected chi connectivity index (χ2v) is 4.17. The molecule has 0 bridgehead atoms. The number of rotatable bonds is 7. The number of esters is 1. The van der Waals surface area contributed by atoms with Crippen LogP contribution in [0.1, 0.15) is 23.2 Å². The highest BCUT2D eigenvalue weighted by atomic mass is 19.1. The van der Waals surface area contributed by atoms with Gasteiger partial charge in [-0.2, -0.15) is 0 Å². The number of ketones is 1. The lowest BCUT2D eigenvalue weighted by atomic mass is 10.00. The molecule has 0 aromatic heterocycles. The van der Waals surface area contributed by atoms with E-state index in [0.717, 1.165) is 6.07 Å². The van der Waals surface area contributed by atoms with Crippen LogP contribution in [0.5, 0.6) is 5.75 Å². The van der Waals surface area contributed by atoms with Crippen LogP contribution in [0, 0.1) is 5.82 Å². The number of hydrogen-bond acceptors (Lipinski definition) is 5. The smallest absolute Gasteiger partial charge is 0.305 e. The molecule has 20 heavy (non-hydrogen) atoms. The van der Waals surface area contributed by atoms with Crippen molar-refractivity contribution in [3.63, 3.8) is 0 Å². The highest BCUT2D eigenvalue weighted by Crippen LogP contribution is 2.19. The van der Waals surface area contributed by atoms with Gasteiger partial charge in [0, 0.05) is 12.0 Å². The summed E-state index contributed by atoms with van der Waals surface area (Å²) in [5.41, 5.74) is 0.229. The van der Waals surface area contributed by atoms with Crippen molar-refractivity contribution >= 4 is 11.8 Å². The van der Waals surface area contributed by atoms with Gasteiger partial charge in [-0.15, -0.1) is 0 Å². The molecule has 1 rings (SSSR count). The van der Waals surface area contributed by atoms with Gasteiger partial charge in [-0.05, 0) is 31.7 Å². The standard InChI is InChI=1S/C14H18FNO4/c1-16-11(5-7-13(17)20-3)14(18)9-4-6-12(19-2)10(15)8-9/h4,6,8,11,16H,5,7H2,1-3H3. The Labute approximate surface area is 117 Å². The minimum atomic E-state index is -0.596. The Morgan fingerprint density at radius 3 is 2.55 bits per heavy atom. The minimum Gasteiger partial charge on any atom is -0.494 e. The molecule has 1 N–H and O–H groups in total. The zero-order chi connectivity index (χ0) is 15.1. The zero-order valence-electron chi connectivity index (χ0n) is 11.7. The average Bonchev–Trinajstić information content (AvgIpc) is 2.47. The van der Waals surface area contributed by atoms with Crippen LogP contribution in [0.25, 0.3) is 0 Å². The van der Waals surface area contributed by atoms with Gasteiger partial charge in [-0.1, -0.05) is 0 Å². The summed E-state index contributed by atoms with van der Waals surface area (Å²) in [5, 5.41) is 2.82. The molecule has 0 aliphatic carbocycles. The summed E-state index contributed by atoms with van der Waals surface area (Å²) in [7, 11) is 4.25. The molecule has 0 heterocycles. The van der Waals surface area contributed by atoms with E-state index < -0.39 is 11.9 Å². The van der Waals surface area contributed by atoms with E-state index in [9.17, 15) is 14.0 Å². The number of halogens is 1. The molecule has 0 saturated heterocycles. The van der Waals surface area contributed by atoms with Crippen molar-refractivity contribution in [2.75, 3.05) is 21.3 Å². The third kappa shape index (κ3) is 4.03. The molecule has 0 aliphatic heterocycles. The van der Waals surface area contributed by atoms with Crippen LogP contribution in [0.15, 0.2) is 18.2 Å². The van der Waals surface area contributed by atoms with Crippen LogP contribution in [0.2, 0.25) is 0 Å². The Morgan fingerprint density at radius 2 is 2.05 bits per heavy atom. The van der Waals surface area contributed by atoms with Gasteiger partial charge in [0.15, 0.2) is 17.3 Å². The largest absolute Gasteiger partial charge is 0.494 e. The molecule has 1 aromatic carbocycles. The topological polar surface area (TPSA) is 64.6 Å². The average molecular weight is 283 g/mol. The summed E-state index contributed by atoms with van der Waals surface area (Å²) in [4.78, 5) is 23.3. The molecule has 110 valence electrons. The second-order valence-electron chi connectivity index (χ2n) is 4.17. The first-order valence-corrected chi connectivity index (χ1v) is 6.15. The number of benzene rings is 1. The molecule has 0 aliphatic rings. The number of carbonyl (C=O) groups is 2. The maximum atomic E-state index is 13.6. The predicted molar refractivity (Wildman–Crippen MR) is 71.4 cm³/mol. The first-order chi connectivity index (χ1) is 9.53. The van der Waals surface area contributed by atoms with Gasteiger partial charge in [0.05, 0.1) is 20.3 Å². The van der Waals surface area contributed by atoms with Gasteiger partial charge in [0.25, 0.3) is 0 Å². The van der Waals surface area contributed by atoms with Gasteiger partial charge < -0.3 is 14.8 Å². The van der Waals surface area contributed by atoms with Crippen molar-refractivity contribution in [3.05, 3.63) is 29.6 Å². The minimum absolute atomic E-state index is 0.0807. The van der Waals surface area contributed by atoms with E-state index in [-0.39, 0.29) is 35.9 Å². The van der Waals surface area contributed by atoms with E-state index in [1.165, 1.54) is 26.4 Å². The second kappa shape index (κ2) is 7.59. The Kier molecular flexibility index (Phi) is 6.11. The Hall–Kier alpha value is -1.95.